The van der Waals surface area contributed by atoms with Gasteiger partial charge in [0.1, 0.15) is 0 Å². The van der Waals surface area contributed by atoms with Gasteiger partial charge in [0.2, 0.25) is 5.91 Å². The lowest BCUT2D eigenvalue weighted by Gasteiger charge is -2.12. The van der Waals surface area contributed by atoms with E-state index in [1.54, 1.807) is 12.4 Å². The second kappa shape index (κ2) is 5.40. The number of hydrogen-bond acceptors (Lipinski definition) is 3. The van der Waals surface area contributed by atoms with Gasteiger partial charge in [-0.25, -0.2) is 4.98 Å². The molecule has 4 nitrogen and oxygen atoms in total. The van der Waals surface area contributed by atoms with E-state index in [2.05, 4.69) is 15.3 Å². The third-order valence-corrected chi connectivity index (χ3v) is 3.60. The van der Waals surface area contributed by atoms with Crippen LogP contribution in [0.3, 0.4) is 0 Å². The molecular weight excluding hydrogens is 295 g/mol. The monoisotopic (exact) mass is 307 g/mol. The van der Waals surface area contributed by atoms with Crippen LogP contribution in [-0.4, -0.2) is 15.9 Å². The summed E-state index contributed by atoms with van der Waals surface area (Å²) in [4.78, 5) is 19.3. The zero-order valence-electron chi connectivity index (χ0n) is 11.3. The molecule has 2 aromatic heterocycles. The number of pyridine rings is 2. The molecule has 2 aromatic rings. The summed E-state index contributed by atoms with van der Waals surface area (Å²) in [6.07, 6.45) is 0.335. The molecular formula is C15H12F3N3O. The molecule has 7 heteroatoms. The third-order valence-electron chi connectivity index (χ3n) is 3.60. The quantitative estimate of drug-likeness (QED) is 0.947. The largest absolute Gasteiger partial charge is 0.435 e. The van der Waals surface area contributed by atoms with Crippen molar-refractivity contribution in [3.8, 4) is 0 Å². The first-order valence-electron chi connectivity index (χ1n) is 6.70. The van der Waals surface area contributed by atoms with Gasteiger partial charge in [0.05, 0.1) is 5.69 Å². The van der Waals surface area contributed by atoms with E-state index in [1.807, 2.05) is 12.1 Å². The highest BCUT2D eigenvalue weighted by Crippen LogP contribution is 2.48. The Kier molecular flexibility index (Phi) is 3.56. The van der Waals surface area contributed by atoms with E-state index in [1.165, 1.54) is 12.1 Å². The fourth-order valence-corrected chi connectivity index (χ4v) is 2.42. The maximum atomic E-state index is 12.8. The molecule has 22 heavy (non-hydrogen) atoms. The lowest BCUT2D eigenvalue weighted by atomic mass is 10.1. The summed E-state index contributed by atoms with van der Waals surface area (Å²) in [5.41, 5.74) is -0.415. The molecule has 0 aromatic carbocycles. The zero-order chi connectivity index (χ0) is 15.7. The fraction of sp³-hybridized carbons (Fsp3) is 0.267. The predicted molar refractivity (Wildman–Crippen MR) is 73.0 cm³/mol. The van der Waals surface area contributed by atoms with Crippen LogP contribution in [0, 0.1) is 5.92 Å². The average molecular weight is 307 g/mol. The van der Waals surface area contributed by atoms with Gasteiger partial charge in [-0.15, -0.1) is 0 Å². The molecule has 0 unspecified atom stereocenters. The third kappa shape index (κ3) is 2.93. The van der Waals surface area contributed by atoms with E-state index < -0.39 is 17.8 Å². The number of halogens is 3. The Morgan fingerprint density at radius 3 is 2.59 bits per heavy atom. The van der Waals surface area contributed by atoms with Gasteiger partial charge >= 0.3 is 6.18 Å². The smallest absolute Gasteiger partial charge is 0.324 e. The Bertz CT molecular complexity index is 688. The first-order chi connectivity index (χ1) is 10.5. The number of carbonyl (C=O) groups excluding carboxylic acids is 1. The van der Waals surface area contributed by atoms with Crippen LogP contribution in [0.4, 0.5) is 18.9 Å². The molecule has 0 saturated heterocycles. The Balaban J connectivity index is 1.72. The molecule has 3 rings (SSSR count). The molecule has 0 spiro atoms. The number of amides is 1. The van der Waals surface area contributed by atoms with Gasteiger partial charge in [-0.05, 0) is 42.2 Å². The van der Waals surface area contributed by atoms with Gasteiger partial charge < -0.3 is 5.32 Å². The lowest BCUT2D eigenvalue weighted by molar-refractivity contribution is -0.140. The van der Waals surface area contributed by atoms with E-state index in [4.69, 9.17) is 0 Å². The number of alkyl halides is 3. The first kappa shape index (κ1) is 14.5. The normalized spacial score (nSPS) is 20.5. The number of aromatic nitrogens is 2. The summed E-state index contributed by atoms with van der Waals surface area (Å²) < 4.78 is 38.5. The number of carbonyl (C=O) groups is 1. The highest BCUT2D eigenvalue weighted by Gasteiger charge is 2.44. The van der Waals surface area contributed by atoms with Crippen LogP contribution in [-0.2, 0) is 11.0 Å². The van der Waals surface area contributed by atoms with Gasteiger partial charge in [-0.2, -0.15) is 13.2 Å². The molecule has 1 saturated carbocycles. The van der Waals surface area contributed by atoms with Gasteiger partial charge in [-0.3, -0.25) is 9.78 Å². The summed E-state index contributed by atoms with van der Waals surface area (Å²) in [7, 11) is 0. The van der Waals surface area contributed by atoms with Crippen molar-refractivity contribution in [2.45, 2.75) is 18.5 Å². The van der Waals surface area contributed by atoms with Crippen molar-refractivity contribution in [3.63, 3.8) is 0 Å². The molecule has 0 bridgehead atoms. The molecule has 1 aliphatic carbocycles. The summed E-state index contributed by atoms with van der Waals surface area (Å²) >= 11 is 0. The topological polar surface area (TPSA) is 54.9 Å². The van der Waals surface area contributed by atoms with E-state index >= 15 is 0 Å². The van der Waals surface area contributed by atoms with Gasteiger partial charge in [0.15, 0.2) is 5.69 Å². The van der Waals surface area contributed by atoms with E-state index in [0.717, 1.165) is 11.8 Å². The van der Waals surface area contributed by atoms with Crippen LogP contribution in [0.5, 0.6) is 0 Å². The van der Waals surface area contributed by atoms with Crippen LogP contribution >= 0.6 is 0 Å². The molecule has 2 atom stereocenters. The first-order valence-corrected chi connectivity index (χ1v) is 6.70. The minimum atomic E-state index is -4.60. The van der Waals surface area contributed by atoms with Crippen LogP contribution in [0.2, 0.25) is 0 Å². The number of anilines is 1. The van der Waals surface area contributed by atoms with Crippen molar-refractivity contribution in [2.75, 3.05) is 5.32 Å². The van der Waals surface area contributed by atoms with E-state index in [-0.39, 0.29) is 17.5 Å². The van der Waals surface area contributed by atoms with Crippen molar-refractivity contribution in [1.82, 2.24) is 9.97 Å². The molecule has 1 aliphatic rings. The second-order valence-electron chi connectivity index (χ2n) is 5.12. The second-order valence-corrected chi connectivity index (χ2v) is 5.12. The van der Waals surface area contributed by atoms with Gasteiger partial charge in [-0.1, -0.05) is 0 Å². The number of nitrogens with zero attached hydrogens (tertiary/aromatic N) is 2. The molecule has 1 fully saturated rings. The Hall–Kier alpha value is -2.44. The highest BCUT2D eigenvalue weighted by atomic mass is 19.4. The van der Waals surface area contributed by atoms with E-state index in [9.17, 15) is 18.0 Å². The Labute approximate surface area is 124 Å². The Morgan fingerprint density at radius 1 is 1.18 bits per heavy atom. The highest BCUT2D eigenvalue weighted by molar-refractivity contribution is 5.95. The lowest BCUT2D eigenvalue weighted by Crippen LogP contribution is -2.19. The Morgan fingerprint density at radius 2 is 1.91 bits per heavy atom. The van der Waals surface area contributed by atoms with Crippen molar-refractivity contribution < 1.29 is 18.0 Å². The number of rotatable bonds is 3. The van der Waals surface area contributed by atoms with Crippen molar-refractivity contribution in [3.05, 3.63) is 54.1 Å². The standard InChI is InChI=1S/C15H12F3N3O/c16-15(17,18)13-12(2-1-5-20-13)21-14(22)11-8-10(11)9-3-6-19-7-4-9/h1-7,10-11H,8H2,(H,21,22)/t10-,11+/m0/s1. The maximum absolute atomic E-state index is 12.8. The SMILES string of the molecule is O=C(Nc1cccnc1C(F)(F)F)[C@@H]1C[C@H]1c1ccncc1. The van der Waals surface area contributed by atoms with Crippen molar-refractivity contribution in [2.24, 2.45) is 5.92 Å². The molecule has 1 amide bonds. The van der Waals surface area contributed by atoms with Crippen molar-refractivity contribution >= 4 is 11.6 Å². The number of hydrogen-bond donors (Lipinski definition) is 1. The fourth-order valence-electron chi connectivity index (χ4n) is 2.42. The molecule has 114 valence electrons. The minimum absolute atomic E-state index is 0.0361. The van der Waals surface area contributed by atoms with Crippen LogP contribution in [0.15, 0.2) is 42.9 Å². The van der Waals surface area contributed by atoms with Crippen LogP contribution in [0.1, 0.15) is 23.6 Å². The minimum Gasteiger partial charge on any atom is -0.324 e. The predicted octanol–water partition coefficient (Wildman–Crippen LogP) is 3.24. The maximum Gasteiger partial charge on any atom is 0.435 e. The molecule has 1 N–H and O–H groups in total. The average Bonchev–Trinajstić information content (AvgIpc) is 3.28. The van der Waals surface area contributed by atoms with Crippen LogP contribution in [0.25, 0.3) is 0 Å². The van der Waals surface area contributed by atoms with E-state index in [0.29, 0.717) is 6.42 Å². The van der Waals surface area contributed by atoms with Crippen LogP contribution < -0.4 is 5.32 Å². The summed E-state index contributed by atoms with van der Waals surface area (Å²) in [5, 5.41) is 2.34. The van der Waals surface area contributed by atoms with Gasteiger partial charge in [0, 0.05) is 24.5 Å². The number of nitrogens with one attached hydrogen (secondary N) is 1. The molecule has 0 radical (unpaired) electrons. The van der Waals surface area contributed by atoms with Gasteiger partial charge in [0.25, 0.3) is 0 Å². The molecule has 2 heterocycles. The van der Waals surface area contributed by atoms with Crippen molar-refractivity contribution in [1.29, 1.82) is 0 Å². The summed E-state index contributed by atoms with van der Waals surface area (Å²) in [5.74, 6) is -0.696. The summed E-state index contributed by atoms with van der Waals surface area (Å²) in [6.45, 7) is 0. The summed E-state index contributed by atoms with van der Waals surface area (Å²) in [6, 6.07) is 6.18. The molecule has 0 aliphatic heterocycles. The zero-order valence-corrected chi connectivity index (χ0v) is 11.3.